The molecule has 8 nitrogen and oxygen atoms in total. The van der Waals surface area contributed by atoms with Crippen molar-refractivity contribution in [3.63, 3.8) is 0 Å². The molecule has 1 amide bonds. The lowest BCUT2D eigenvalue weighted by molar-refractivity contribution is -0.145. The first kappa shape index (κ1) is 21.9. The number of rotatable bonds is 6. The van der Waals surface area contributed by atoms with Gasteiger partial charge in [-0.25, -0.2) is 4.98 Å². The van der Waals surface area contributed by atoms with Crippen molar-refractivity contribution in [1.82, 2.24) is 14.5 Å². The lowest BCUT2D eigenvalue weighted by Crippen LogP contribution is -2.41. The molecule has 1 N–H and O–H groups in total. The Labute approximate surface area is 188 Å². The van der Waals surface area contributed by atoms with Crippen LogP contribution in [0, 0.1) is 5.92 Å². The predicted octanol–water partition coefficient (Wildman–Crippen LogP) is 2.81. The number of hydrogen-bond acceptors (Lipinski definition) is 6. The van der Waals surface area contributed by atoms with Gasteiger partial charge in [0, 0.05) is 13.1 Å². The third-order valence-electron chi connectivity index (χ3n) is 5.59. The monoisotopic (exact) mass is 453 g/mol. The molecule has 3 aromatic rings. The topological polar surface area (TPSA) is 102 Å². The van der Waals surface area contributed by atoms with Crippen LogP contribution in [0.5, 0.6) is 5.75 Å². The number of aromatic nitrogens is 2. The molecule has 1 aliphatic heterocycles. The van der Waals surface area contributed by atoms with E-state index in [1.54, 1.807) is 35.2 Å². The standard InChI is InChI=1S/C23H23N3O5S/c1-31-19-9-5-4-8-18(19)26-21(28)16-6-2-3-7-17(16)24-23(26)32-14-20(27)25-12-10-15(11-13-25)22(29)30/h2-9,15H,10-14H2,1H3,(H,29,30). The van der Waals surface area contributed by atoms with Crippen molar-refractivity contribution in [3.8, 4) is 11.4 Å². The molecule has 166 valence electrons. The van der Waals surface area contributed by atoms with Crippen molar-refractivity contribution in [2.45, 2.75) is 18.0 Å². The summed E-state index contributed by atoms with van der Waals surface area (Å²) in [5, 5.41) is 10.0. The van der Waals surface area contributed by atoms with Gasteiger partial charge in [0.05, 0.1) is 35.4 Å². The van der Waals surface area contributed by atoms with Gasteiger partial charge in [-0.05, 0) is 37.1 Å². The molecule has 0 atom stereocenters. The normalized spacial score (nSPS) is 14.5. The Bertz CT molecular complexity index is 1220. The van der Waals surface area contributed by atoms with E-state index >= 15 is 0 Å². The summed E-state index contributed by atoms with van der Waals surface area (Å²) in [6.07, 6.45) is 0.901. The highest BCUT2D eigenvalue weighted by atomic mass is 32.2. The van der Waals surface area contributed by atoms with E-state index in [4.69, 9.17) is 9.84 Å². The molecule has 0 unspecified atom stereocenters. The summed E-state index contributed by atoms with van der Waals surface area (Å²) < 4.78 is 6.93. The van der Waals surface area contributed by atoms with Gasteiger partial charge in [-0.15, -0.1) is 0 Å². The summed E-state index contributed by atoms with van der Waals surface area (Å²) in [6, 6.07) is 14.3. The van der Waals surface area contributed by atoms with E-state index in [1.807, 2.05) is 18.2 Å². The number of nitrogens with zero attached hydrogens (tertiary/aromatic N) is 3. The van der Waals surface area contributed by atoms with Crippen LogP contribution in [0.15, 0.2) is 58.5 Å². The number of aliphatic carboxylic acids is 1. The van der Waals surface area contributed by atoms with Crippen LogP contribution in [-0.4, -0.2) is 57.4 Å². The Morgan fingerprint density at radius 2 is 1.81 bits per heavy atom. The number of carboxylic acids is 1. The van der Waals surface area contributed by atoms with E-state index in [0.29, 0.717) is 53.4 Å². The average Bonchev–Trinajstić information content (AvgIpc) is 2.82. The van der Waals surface area contributed by atoms with Gasteiger partial charge in [0.2, 0.25) is 5.91 Å². The fourth-order valence-electron chi connectivity index (χ4n) is 3.83. The molecule has 1 aromatic heterocycles. The number of carbonyl (C=O) groups excluding carboxylic acids is 1. The first-order valence-electron chi connectivity index (χ1n) is 10.3. The Hall–Kier alpha value is -3.33. The summed E-state index contributed by atoms with van der Waals surface area (Å²) in [5.74, 6) is -0.696. The van der Waals surface area contributed by atoms with E-state index in [9.17, 15) is 14.4 Å². The first-order chi connectivity index (χ1) is 15.5. The van der Waals surface area contributed by atoms with Crippen LogP contribution < -0.4 is 10.3 Å². The van der Waals surface area contributed by atoms with Gasteiger partial charge in [0.1, 0.15) is 5.75 Å². The molecular weight excluding hydrogens is 430 g/mol. The minimum absolute atomic E-state index is 0.0949. The maximum absolute atomic E-state index is 13.4. The third-order valence-corrected chi connectivity index (χ3v) is 6.52. The number of para-hydroxylation sites is 3. The molecule has 0 aliphatic carbocycles. The van der Waals surface area contributed by atoms with Gasteiger partial charge < -0.3 is 14.7 Å². The molecule has 1 aliphatic rings. The largest absolute Gasteiger partial charge is 0.495 e. The first-order valence-corrected chi connectivity index (χ1v) is 11.3. The number of carboxylic acid groups (broad SMARTS) is 1. The Balaban J connectivity index is 1.64. The van der Waals surface area contributed by atoms with Gasteiger partial charge in [0.25, 0.3) is 5.56 Å². The fraction of sp³-hybridized carbons (Fsp3) is 0.304. The minimum atomic E-state index is -0.812. The van der Waals surface area contributed by atoms with Crippen LogP contribution >= 0.6 is 11.8 Å². The molecule has 0 radical (unpaired) electrons. The highest BCUT2D eigenvalue weighted by Crippen LogP contribution is 2.27. The second kappa shape index (κ2) is 9.44. The lowest BCUT2D eigenvalue weighted by Gasteiger charge is -2.30. The van der Waals surface area contributed by atoms with Crippen molar-refractivity contribution in [2.24, 2.45) is 5.92 Å². The Morgan fingerprint density at radius 1 is 1.12 bits per heavy atom. The van der Waals surface area contributed by atoms with Crippen molar-refractivity contribution >= 4 is 34.5 Å². The number of benzene rings is 2. The van der Waals surface area contributed by atoms with Crippen molar-refractivity contribution in [3.05, 3.63) is 58.9 Å². The number of ether oxygens (including phenoxy) is 1. The molecule has 9 heteroatoms. The quantitative estimate of drug-likeness (QED) is 0.452. The van der Waals surface area contributed by atoms with E-state index in [-0.39, 0.29) is 17.2 Å². The number of piperidine rings is 1. The predicted molar refractivity (Wildman–Crippen MR) is 122 cm³/mol. The SMILES string of the molecule is COc1ccccc1-n1c(SCC(=O)N2CCC(C(=O)O)CC2)nc2ccccc2c1=O. The molecule has 1 saturated heterocycles. The number of hydrogen-bond donors (Lipinski definition) is 1. The molecule has 0 spiro atoms. The second-order valence-corrected chi connectivity index (χ2v) is 8.45. The number of fused-ring (bicyclic) bond motifs is 1. The summed E-state index contributed by atoms with van der Waals surface area (Å²) in [6.45, 7) is 0.835. The second-order valence-electron chi connectivity index (χ2n) is 7.51. The number of likely N-dealkylation sites (tertiary alicyclic amines) is 1. The Kier molecular flexibility index (Phi) is 6.45. The lowest BCUT2D eigenvalue weighted by atomic mass is 9.97. The van der Waals surface area contributed by atoms with E-state index in [2.05, 4.69) is 4.98 Å². The molecule has 0 saturated carbocycles. The van der Waals surface area contributed by atoms with Gasteiger partial charge in [-0.3, -0.25) is 19.0 Å². The van der Waals surface area contributed by atoms with E-state index < -0.39 is 11.9 Å². The fourth-order valence-corrected chi connectivity index (χ4v) is 4.74. The van der Waals surface area contributed by atoms with Gasteiger partial charge in [-0.2, -0.15) is 0 Å². The van der Waals surface area contributed by atoms with E-state index in [0.717, 1.165) is 0 Å². The highest BCUT2D eigenvalue weighted by Gasteiger charge is 2.27. The molecule has 2 heterocycles. The maximum atomic E-state index is 13.4. The van der Waals surface area contributed by atoms with Crippen LogP contribution in [0.3, 0.4) is 0 Å². The van der Waals surface area contributed by atoms with Crippen molar-refractivity contribution in [1.29, 1.82) is 0 Å². The number of carbonyl (C=O) groups is 2. The number of amides is 1. The molecular formula is C23H23N3O5S. The maximum Gasteiger partial charge on any atom is 0.306 e. The molecule has 1 fully saturated rings. The van der Waals surface area contributed by atoms with E-state index in [1.165, 1.54) is 23.4 Å². The average molecular weight is 454 g/mol. The van der Waals surface area contributed by atoms with Crippen LogP contribution in [0.25, 0.3) is 16.6 Å². The van der Waals surface area contributed by atoms with Crippen LogP contribution in [0.2, 0.25) is 0 Å². The third kappa shape index (κ3) is 4.34. The molecule has 32 heavy (non-hydrogen) atoms. The van der Waals surface area contributed by atoms with Gasteiger partial charge >= 0.3 is 5.97 Å². The summed E-state index contributed by atoms with van der Waals surface area (Å²) >= 11 is 1.19. The molecule has 2 aromatic carbocycles. The zero-order chi connectivity index (χ0) is 22.7. The molecule has 4 rings (SSSR count). The summed E-state index contributed by atoms with van der Waals surface area (Å²) in [5.41, 5.74) is 0.869. The van der Waals surface area contributed by atoms with Crippen molar-refractivity contribution in [2.75, 3.05) is 26.0 Å². The van der Waals surface area contributed by atoms with Crippen LogP contribution in [0.4, 0.5) is 0 Å². The Morgan fingerprint density at radius 3 is 2.53 bits per heavy atom. The van der Waals surface area contributed by atoms with Gasteiger partial charge in [-0.1, -0.05) is 36.0 Å². The number of methoxy groups -OCH3 is 1. The summed E-state index contributed by atoms with van der Waals surface area (Å²) in [4.78, 5) is 43.6. The highest BCUT2D eigenvalue weighted by molar-refractivity contribution is 7.99. The smallest absolute Gasteiger partial charge is 0.306 e. The van der Waals surface area contributed by atoms with Crippen LogP contribution in [0.1, 0.15) is 12.8 Å². The van der Waals surface area contributed by atoms with Crippen molar-refractivity contribution < 1.29 is 19.4 Å². The van der Waals surface area contributed by atoms with Gasteiger partial charge in [0.15, 0.2) is 5.16 Å². The minimum Gasteiger partial charge on any atom is -0.495 e. The number of thioether (sulfide) groups is 1. The van der Waals surface area contributed by atoms with Crippen LogP contribution in [-0.2, 0) is 9.59 Å². The zero-order valence-corrected chi connectivity index (χ0v) is 18.4. The molecule has 0 bridgehead atoms. The summed E-state index contributed by atoms with van der Waals surface area (Å²) in [7, 11) is 1.54. The zero-order valence-electron chi connectivity index (χ0n) is 17.6.